The van der Waals surface area contributed by atoms with Gasteiger partial charge in [-0.1, -0.05) is 6.92 Å². The molecule has 0 saturated carbocycles. The first-order chi connectivity index (χ1) is 10.2. The largest absolute Gasteiger partial charge is 0.465 e. The van der Waals surface area contributed by atoms with Crippen molar-refractivity contribution >= 4 is 5.97 Å². The zero-order valence-electron chi connectivity index (χ0n) is 13.9. The SMILES string of the molecule is CCCNC(CCN(C)CC1CCOCC1)C(=O)OCC. The molecule has 1 aliphatic heterocycles. The van der Waals surface area contributed by atoms with Crippen LogP contribution < -0.4 is 5.32 Å². The fourth-order valence-electron chi connectivity index (χ4n) is 2.68. The second-order valence-electron chi connectivity index (χ2n) is 5.87. The van der Waals surface area contributed by atoms with Crippen LogP contribution in [0, 0.1) is 5.92 Å². The third-order valence-electron chi connectivity index (χ3n) is 3.92. The fraction of sp³-hybridized carbons (Fsp3) is 0.938. The van der Waals surface area contributed by atoms with E-state index in [-0.39, 0.29) is 12.0 Å². The van der Waals surface area contributed by atoms with Crippen molar-refractivity contribution in [3.05, 3.63) is 0 Å². The van der Waals surface area contributed by atoms with Gasteiger partial charge in [0.15, 0.2) is 0 Å². The van der Waals surface area contributed by atoms with Gasteiger partial charge in [0.2, 0.25) is 0 Å². The van der Waals surface area contributed by atoms with Gasteiger partial charge in [-0.15, -0.1) is 0 Å². The fourth-order valence-corrected chi connectivity index (χ4v) is 2.68. The van der Waals surface area contributed by atoms with E-state index in [1.54, 1.807) is 0 Å². The summed E-state index contributed by atoms with van der Waals surface area (Å²) in [4.78, 5) is 14.3. The van der Waals surface area contributed by atoms with E-state index in [2.05, 4.69) is 24.2 Å². The maximum absolute atomic E-state index is 11.9. The van der Waals surface area contributed by atoms with Gasteiger partial charge in [0.25, 0.3) is 0 Å². The van der Waals surface area contributed by atoms with Gasteiger partial charge in [-0.05, 0) is 58.7 Å². The second-order valence-corrected chi connectivity index (χ2v) is 5.87. The van der Waals surface area contributed by atoms with E-state index in [0.29, 0.717) is 6.61 Å². The van der Waals surface area contributed by atoms with E-state index in [1.807, 2.05) is 6.92 Å². The number of carbonyl (C=O) groups is 1. The van der Waals surface area contributed by atoms with Crippen molar-refractivity contribution < 1.29 is 14.3 Å². The van der Waals surface area contributed by atoms with E-state index in [0.717, 1.165) is 64.4 Å². The summed E-state index contributed by atoms with van der Waals surface area (Å²) >= 11 is 0. The molecule has 5 nitrogen and oxygen atoms in total. The summed E-state index contributed by atoms with van der Waals surface area (Å²) in [5, 5.41) is 3.29. The van der Waals surface area contributed by atoms with Crippen LogP contribution in [0.3, 0.4) is 0 Å². The van der Waals surface area contributed by atoms with Crippen molar-refractivity contribution in [2.24, 2.45) is 5.92 Å². The molecule has 0 aromatic rings. The molecule has 21 heavy (non-hydrogen) atoms. The molecule has 0 aromatic heterocycles. The third-order valence-corrected chi connectivity index (χ3v) is 3.92. The van der Waals surface area contributed by atoms with Crippen LogP contribution in [-0.2, 0) is 14.3 Å². The Bertz CT molecular complexity index is 281. The predicted octanol–water partition coefficient (Wildman–Crippen LogP) is 1.67. The lowest BCUT2D eigenvalue weighted by Crippen LogP contribution is -2.41. The average Bonchev–Trinajstić information content (AvgIpc) is 2.48. The Labute approximate surface area is 129 Å². The molecule has 1 heterocycles. The summed E-state index contributed by atoms with van der Waals surface area (Å²) in [5.74, 6) is 0.610. The number of nitrogens with one attached hydrogen (secondary N) is 1. The van der Waals surface area contributed by atoms with Gasteiger partial charge in [0.1, 0.15) is 6.04 Å². The molecule has 1 aliphatic rings. The first kappa shape index (κ1) is 18.4. The van der Waals surface area contributed by atoms with E-state index < -0.39 is 0 Å². The van der Waals surface area contributed by atoms with E-state index in [9.17, 15) is 4.79 Å². The minimum Gasteiger partial charge on any atom is -0.465 e. The van der Waals surface area contributed by atoms with Gasteiger partial charge >= 0.3 is 5.97 Å². The number of ether oxygens (including phenoxy) is 2. The highest BCUT2D eigenvalue weighted by molar-refractivity contribution is 5.75. The Morgan fingerprint density at radius 3 is 2.71 bits per heavy atom. The second kappa shape index (κ2) is 11.0. The monoisotopic (exact) mass is 300 g/mol. The highest BCUT2D eigenvalue weighted by Gasteiger charge is 2.20. The highest BCUT2D eigenvalue weighted by Crippen LogP contribution is 2.15. The Balaban J connectivity index is 2.30. The molecule has 1 fully saturated rings. The van der Waals surface area contributed by atoms with Crippen LogP contribution in [0.4, 0.5) is 0 Å². The Morgan fingerprint density at radius 1 is 1.38 bits per heavy atom. The van der Waals surface area contributed by atoms with Gasteiger partial charge in [0, 0.05) is 19.8 Å². The lowest BCUT2D eigenvalue weighted by molar-refractivity contribution is -0.145. The van der Waals surface area contributed by atoms with Crippen molar-refractivity contribution in [1.29, 1.82) is 0 Å². The van der Waals surface area contributed by atoms with Crippen molar-refractivity contribution in [2.45, 2.75) is 45.6 Å². The summed E-state index contributed by atoms with van der Waals surface area (Å²) in [6.45, 7) is 9.04. The summed E-state index contributed by atoms with van der Waals surface area (Å²) in [5.41, 5.74) is 0. The lowest BCUT2D eigenvalue weighted by Gasteiger charge is -2.28. The van der Waals surface area contributed by atoms with Crippen molar-refractivity contribution in [3.8, 4) is 0 Å². The summed E-state index contributed by atoms with van der Waals surface area (Å²) in [6.07, 6.45) is 4.13. The number of hydrogen-bond acceptors (Lipinski definition) is 5. The summed E-state index contributed by atoms with van der Waals surface area (Å²) < 4.78 is 10.5. The molecular formula is C16H32N2O3. The van der Waals surface area contributed by atoms with Crippen LogP contribution in [-0.4, -0.2) is 63.4 Å². The smallest absolute Gasteiger partial charge is 0.323 e. The molecule has 1 atom stereocenters. The number of rotatable bonds is 10. The van der Waals surface area contributed by atoms with Crippen LogP contribution in [0.25, 0.3) is 0 Å². The van der Waals surface area contributed by atoms with Gasteiger partial charge in [-0.3, -0.25) is 4.79 Å². The zero-order chi connectivity index (χ0) is 15.5. The minimum atomic E-state index is -0.179. The highest BCUT2D eigenvalue weighted by atomic mass is 16.5. The number of esters is 1. The van der Waals surface area contributed by atoms with Gasteiger partial charge < -0.3 is 19.7 Å². The zero-order valence-corrected chi connectivity index (χ0v) is 13.9. The van der Waals surface area contributed by atoms with Crippen LogP contribution in [0.15, 0.2) is 0 Å². The van der Waals surface area contributed by atoms with E-state index >= 15 is 0 Å². The third kappa shape index (κ3) is 7.79. The molecule has 0 radical (unpaired) electrons. The number of carbonyl (C=O) groups excluding carboxylic acids is 1. The molecule has 1 rings (SSSR count). The number of hydrogen-bond donors (Lipinski definition) is 1. The first-order valence-corrected chi connectivity index (χ1v) is 8.33. The van der Waals surface area contributed by atoms with Crippen LogP contribution >= 0.6 is 0 Å². The van der Waals surface area contributed by atoms with Gasteiger partial charge in [0.05, 0.1) is 6.61 Å². The van der Waals surface area contributed by atoms with Crippen molar-refractivity contribution in [2.75, 3.05) is 46.5 Å². The quantitative estimate of drug-likeness (QED) is 0.622. The van der Waals surface area contributed by atoms with Crippen LogP contribution in [0.2, 0.25) is 0 Å². The predicted molar refractivity (Wildman–Crippen MR) is 84.4 cm³/mol. The molecule has 1 unspecified atom stereocenters. The molecule has 0 amide bonds. The molecular weight excluding hydrogens is 268 g/mol. The molecule has 0 aromatic carbocycles. The number of nitrogens with zero attached hydrogens (tertiary/aromatic N) is 1. The van der Waals surface area contributed by atoms with Gasteiger partial charge in [-0.25, -0.2) is 0 Å². The molecule has 0 aliphatic carbocycles. The Morgan fingerprint density at radius 2 is 2.10 bits per heavy atom. The van der Waals surface area contributed by atoms with Crippen LogP contribution in [0.1, 0.15) is 39.5 Å². The topological polar surface area (TPSA) is 50.8 Å². The first-order valence-electron chi connectivity index (χ1n) is 8.33. The molecule has 124 valence electrons. The standard InChI is InChI=1S/C16H32N2O3/c1-4-9-17-15(16(19)21-5-2)6-10-18(3)13-14-7-11-20-12-8-14/h14-15,17H,4-13H2,1-3H3. The molecule has 0 bridgehead atoms. The molecule has 1 saturated heterocycles. The molecule has 5 heteroatoms. The van der Waals surface area contributed by atoms with E-state index in [4.69, 9.17) is 9.47 Å². The Hall–Kier alpha value is -0.650. The normalized spacial score (nSPS) is 17.9. The van der Waals surface area contributed by atoms with Crippen LogP contribution in [0.5, 0.6) is 0 Å². The maximum atomic E-state index is 11.9. The van der Waals surface area contributed by atoms with Gasteiger partial charge in [-0.2, -0.15) is 0 Å². The summed E-state index contributed by atoms with van der Waals surface area (Å²) in [7, 11) is 2.14. The lowest BCUT2D eigenvalue weighted by atomic mass is 10.00. The molecule has 0 spiro atoms. The summed E-state index contributed by atoms with van der Waals surface area (Å²) in [6, 6.07) is -0.179. The molecule has 1 N–H and O–H groups in total. The Kier molecular flexibility index (Phi) is 9.63. The average molecular weight is 300 g/mol. The maximum Gasteiger partial charge on any atom is 0.323 e. The van der Waals surface area contributed by atoms with E-state index in [1.165, 1.54) is 0 Å². The van der Waals surface area contributed by atoms with Crippen molar-refractivity contribution in [3.63, 3.8) is 0 Å². The minimum absolute atomic E-state index is 0.120. The van der Waals surface area contributed by atoms with Crippen molar-refractivity contribution in [1.82, 2.24) is 10.2 Å².